The molecule has 0 atom stereocenters. The quantitative estimate of drug-likeness (QED) is 0.868. The van der Waals surface area contributed by atoms with E-state index in [1.54, 1.807) is 0 Å². The van der Waals surface area contributed by atoms with E-state index in [4.69, 9.17) is 0 Å². The molecular formula is C14H18N4. The molecule has 0 fully saturated rings. The molecule has 0 spiro atoms. The van der Waals surface area contributed by atoms with Crippen molar-refractivity contribution in [1.29, 1.82) is 0 Å². The zero-order chi connectivity index (χ0) is 12.8. The zero-order valence-corrected chi connectivity index (χ0v) is 10.8. The maximum Gasteiger partial charge on any atom is 0.0599 e. The Morgan fingerprint density at radius 1 is 1.22 bits per heavy atom. The van der Waals surface area contributed by atoms with E-state index in [9.17, 15) is 0 Å². The Morgan fingerprint density at radius 3 is 2.83 bits per heavy atom. The van der Waals surface area contributed by atoms with Crippen LogP contribution >= 0.6 is 0 Å². The Kier molecular flexibility index (Phi) is 4.25. The summed E-state index contributed by atoms with van der Waals surface area (Å²) in [6.07, 6.45) is 5.54. The zero-order valence-electron chi connectivity index (χ0n) is 10.8. The molecule has 94 valence electrons. The average molecular weight is 242 g/mol. The second-order valence-corrected chi connectivity index (χ2v) is 4.21. The molecule has 0 amide bonds. The Morgan fingerprint density at radius 2 is 2.11 bits per heavy atom. The number of anilines is 1. The fraction of sp³-hybridized carbons (Fsp3) is 0.286. The van der Waals surface area contributed by atoms with E-state index >= 15 is 0 Å². The lowest BCUT2D eigenvalue weighted by Crippen LogP contribution is -2.20. The van der Waals surface area contributed by atoms with Crippen molar-refractivity contribution < 1.29 is 0 Å². The van der Waals surface area contributed by atoms with Gasteiger partial charge in [-0.15, -0.1) is 0 Å². The maximum atomic E-state index is 4.34. The first-order chi connectivity index (χ1) is 8.81. The molecule has 0 radical (unpaired) electrons. The van der Waals surface area contributed by atoms with Crippen LogP contribution in [0, 0.1) is 0 Å². The van der Waals surface area contributed by atoms with Crippen LogP contribution in [0.1, 0.15) is 11.3 Å². The van der Waals surface area contributed by atoms with Crippen LogP contribution in [0.2, 0.25) is 0 Å². The van der Waals surface area contributed by atoms with Gasteiger partial charge in [-0.1, -0.05) is 6.07 Å². The molecular weight excluding hydrogens is 224 g/mol. The van der Waals surface area contributed by atoms with Crippen molar-refractivity contribution in [3.63, 3.8) is 0 Å². The first-order valence-corrected chi connectivity index (χ1v) is 6.00. The molecule has 2 aromatic rings. The van der Waals surface area contributed by atoms with Gasteiger partial charge in [0.25, 0.3) is 0 Å². The van der Waals surface area contributed by atoms with Crippen LogP contribution in [0.15, 0.2) is 42.9 Å². The largest absolute Gasteiger partial charge is 0.367 e. The van der Waals surface area contributed by atoms with Crippen molar-refractivity contribution in [3.8, 4) is 0 Å². The van der Waals surface area contributed by atoms with Crippen molar-refractivity contribution in [2.45, 2.75) is 13.1 Å². The lowest BCUT2D eigenvalue weighted by molar-refractivity contribution is 0.798. The molecule has 0 aromatic carbocycles. The summed E-state index contributed by atoms with van der Waals surface area (Å²) in [5.74, 6) is 0. The van der Waals surface area contributed by atoms with Crippen LogP contribution in [-0.4, -0.2) is 24.1 Å². The molecule has 2 rings (SSSR count). The molecule has 0 aliphatic heterocycles. The SMILES string of the molecule is CNCc1ccncc1N(C)Cc1ccccn1. The number of hydrogen-bond donors (Lipinski definition) is 1. The van der Waals surface area contributed by atoms with Gasteiger partial charge in [0.2, 0.25) is 0 Å². The smallest absolute Gasteiger partial charge is 0.0599 e. The summed E-state index contributed by atoms with van der Waals surface area (Å²) in [6, 6.07) is 8.01. The summed E-state index contributed by atoms with van der Waals surface area (Å²) in [6.45, 7) is 1.62. The standard InChI is InChI=1S/C14H18N4/c1-15-9-12-6-8-16-10-14(12)18(2)11-13-5-3-4-7-17-13/h3-8,10,15H,9,11H2,1-2H3. The average Bonchev–Trinajstić information content (AvgIpc) is 2.41. The molecule has 0 unspecified atom stereocenters. The summed E-state index contributed by atoms with van der Waals surface area (Å²) >= 11 is 0. The molecule has 0 saturated carbocycles. The Bertz CT molecular complexity index is 484. The van der Waals surface area contributed by atoms with Gasteiger partial charge >= 0.3 is 0 Å². The second-order valence-electron chi connectivity index (χ2n) is 4.21. The van der Waals surface area contributed by atoms with Gasteiger partial charge in [0.05, 0.1) is 24.1 Å². The highest BCUT2D eigenvalue weighted by Gasteiger charge is 2.07. The molecule has 4 heteroatoms. The third-order valence-corrected chi connectivity index (χ3v) is 2.79. The fourth-order valence-corrected chi connectivity index (χ4v) is 1.92. The number of aromatic nitrogens is 2. The van der Waals surface area contributed by atoms with E-state index in [2.05, 4.69) is 27.2 Å². The minimum absolute atomic E-state index is 0.781. The van der Waals surface area contributed by atoms with E-state index in [0.717, 1.165) is 24.5 Å². The monoisotopic (exact) mass is 242 g/mol. The van der Waals surface area contributed by atoms with Crippen LogP contribution in [0.3, 0.4) is 0 Å². The second kappa shape index (κ2) is 6.12. The summed E-state index contributed by atoms with van der Waals surface area (Å²) in [4.78, 5) is 10.7. The minimum atomic E-state index is 0.781. The van der Waals surface area contributed by atoms with Gasteiger partial charge in [-0.05, 0) is 30.8 Å². The van der Waals surface area contributed by atoms with E-state index in [1.807, 2.05) is 49.9 Å². The van der Waals surface area contributed by atoms with Gasteiger partial charge < -0.3 is 10.2 Å². The summed E-state index contributed by atoms with van der Waals surface area (Å²) < 4.78 is 0. The van der Waals surface area contributed by atoms with E-state index < -0.39 is 0 Å². The van der Waals surface area contributed by atoms with Crippen LogP contribution in [0.5, 0.6) is 0 Å². The summed E-state index contributed by atoms with van der Waals surface area (Å²) in [5, 5.41) is 3.17. The highest BCUT2D eigenvalue weighted by molar-refractivity contribution is 5.51. The normalized spacial score (nSPS) is 10.3. The number of nitrogens with one attached hydrogen (secondary N) is 1. The van der Waals surface area contributed by atoms with Gasteiger partial charge in [0, 0.05) is 26.0 Å². The highest BCUT2D eigenvalue weighted by Crippen LogP contribution is 2.19. The molecule has 0 aliphatic rings. The van der Waals surface area contributed by atoms with Crippen molar-refractivity contribution >= 4 is 5.69 Å². The van der Waals surface area contributed by atoms with Crippen LogP contribution in [0.25, 0.3) is 0 Å². The molecule has 2 heterocycles. The topological polar surface area (TPSA) is 41.1 Å². The van der Waals surface area contributed by atoms with Crippen molar-refractivity contribution in [1.82, 2.24) is 15.3 Å². The Hall–Kier alpha value is -1.94. The number of pyridine rings is 2. The van der Waals surface area contributed by atoms with Crippen molar-refractivity contribution in [3.05, 3.63) is 54.1 Å². The fourth-order valence-electron chi connectivity index (χ4n) is 1.92. The number of rotatable bonds is 5. The van der Waals surface area contributed by atoms with Gasteiger partial charge in [-0.25, -0.2) is 0 Å². The minimum Gasteiger partial charge on any atom is -0.367 e. The van der Waals surface area contributed by atoms with Gasteiger partial charge in [0.15, 0.2) is 0 Å². The van der Waals surface area contributed by atoms with E-state index in [0.29, 0.717) is 0 Å². The lowest BCUT2D eigenvalue weighted by Gasteiger charge is -2.21. The molecule has 18 heavy (non-hydrogen) atoms. The first kappa shape index (κ1) is 12.5. The highest BCUT2D eigenvalue weighted by atomic mass is 15.1. The first-order valence-electron chi connectivity index (χ1n) is 6.00. The summed E-state index contributed by atoms with van der Waals surface area (Å²) in [7, 11) is 4.01. The van der Waals surface area contributed by atoms with Crippen LogP contribution < -0.4 is 10.2 Å². The van der Waals surface area contributed by atoms with Crippen LogP contribution in [-0.2, 0) is 13.1 Å². The van der Waals surface area contributed by atoms with Gasteiger partial charge in [0.1, 0.15) is 0 Å². The number of hydrogen-bond acceptors (Lipinski definition) is 4. The Balaban J connectivity index is 2.16. The lowest BCUT2D eigenvalue weighted by atomic mass is 10.2. The predicted octanol–water partition coefficient (Wildman–Crippen LogP) is 1.83. The number of nitrogens with zero attached hydrogens (tertiary/aromatic N) is 3. The van der Waals surface area contributed by atoms with Gasteiger partial charge in [-0.3, -0.25) is 9.97 Å². The van der Waals surface area contributed by atoms with E-state index in [-0.39, 0.29) is 0 Å². The summed E-state index contributed by atoms with van der Waals surface area (Å²) in [5.41, 5.74) is 3.43. The van der Waals surface area contributed by atoms with Gasteiger partial charge in [-0.2, -0.15) is 0 Å². The molecule has 2 aromatic heterocycles. The predicted molar refractivity (Wildman–Crippen MR) is 73.3 cm³/mol. The molecule has 4 nitrogen and oxygen atoms in total. The van der Waals surface area contributed by atoms with Crippen LogP contribution in [0.4, 0.5) is 5.69 Å². The third-order valence-electron chi connectivity index (χ3n) is 2.79. The third kappa shape index (κ3) is 3.05. The molecule has 0 saturated heterocycles. The molecule has 0 aliphatic carbocycles. The van der Waals surface area contributed by atoms with Crippen molar-refractivity contribution in [2.75, 3.05) is 19.0 Å². The Labute approximate surface area is 108 Å². The molecule has 0 bridgehead atoms. The van der Waals surface area contributed by atoms with Crippen molar-refractivity contribution in [2.24, 2.45) is 0 Å². The maximum absolute atomic E-state index is 4.34. The van der Waals surface area contributed by atoms with E-state index in [1.165, 1.54) is 5.56 Å². The molecule has 1 N–H and O–H groups in total.